The van der Waals surface area contributed by atoms with Crippen LogP contribution in [-0.4, -0.2) is 30.8 Å². The molecule has 144 valence electrons. The van der Waals surface area contributed by atoms with Crippen molar-refractivity contribution < 1.29 is 14.0 Å². The zero-order valence-electron chi connectivity index (χ0n) is 15.9. The molecule has 0 bridgehead atoms. The number of hydrogen-bond donors (Lipinski definition) is 0. The van der Waals surface area contributed by atoms with E-state index in [9.17, 15) is 4.79 Å². The zero-order chi connectivity index (χ0) is 19.9. The van der Waals surface area contributed by atoms with Gasteiger partial charge in [-0.1, -0.05) is 105 Å². The molecule has 2 aromatic carbocycles. The summed E-state index contributed by atoms with van der Waals surface area (Å²) in [6, 6.07) is 20.5. The summed E-state index contributed by atoms with van der Waals surface area (Å²) in [6.07, 6.45) is -1.15. The van der Waals surface area contributed by atoms with Gasteiger partial charge >= 0.3 is 5.97 Å². The molecule has 0 aromatic heterocycles. The lowest BCUT2D eigenvalue weighted by Gasteiger charge is -2.48. The monoisotopic (exact) mass is 422 g/mol. The molecule has 1 fully saturated rings. The molecule has 0 N–H and O–H groups in total. The first-order chi connectivity index (χ1) is 12.6. The Kier molecular flexibility index (Phi) is 5.48. The summed E-state index contributed by atoms with van der Waals surface area (Å²) in [6.45, 7) is 8.43. The van der Waals surface area contributed by atoms with Crippen molar-refractivity contribution in [1.29, 1.82) is 0 Å². The molecule has 3 rings (SSSR count). The zero-order valence-corrected chi connectivity index (χ0v) is 18.4. The average molecular weight is 423 g/mol. The maximum Gasteiger partial charge on any atom is 0.347 e. The fourth-order valence-corrected chi connectivity index (χ4v) is 8.98. The molecule has 0 saturated carbocycles. The van der Waals surface area contributed by atoms with Crippen LogP contribution in [0, 0.1) is 0 Å². The van der Waals surface area contributed by atoms with Crippen molar-refractivity contribution in [2.45, 2.75) is 49.3 Å². The summed E-state index contributed by atoms with van der Waals surface area (Å²) in [4.78, 5) is 11.6. The summed E-state index contributed by atoms with van der Waals surface area (Å²) >= 11 is 12.4. The van der Waals surface area contributed by atoms with E-state index < -0.39 is 30.8 Å². The van der Waals surface area contributed by atoms with E-state index in [1.54, 1.807) is 0 Å². The third-order valence-corrected chi connectivity index (χ3v) is 10.9. The molecule has 0 amide bonds. The number of carbonyl (C=O) groups excluding carboxylic acids is 1. The van der Waals surface area contributed by atoms with E-state index in [-0.39, 0.29) is 5.04 Å². The number of rotatable bonds is 5. The molecule has 2 atom stereocenters. The van der Waals surface area contributed by atoms with Crippen LogP contribution in [0.4, 0.5) is 0 Å². The number of halogens is 2. The molecular weight excluding hydrogens is 399 g/mol. The molecule has 3 nitrogen and oxygen atoms in total. The van der Waals surface area contributed by atoms with E-state index in [4.69, 9.17) is 32.4 Å². The highest BCUT2D eigenvalue weighted by Gasteiger charge is 2.61. The fourth-order valence-electron chi connectivity index (χ4n) is 3.75. The lowest BCUT2D eigenvalue weighted by molar-refractivity contribution is -0.180. The molecule has 1 saturated heterocycles. The van der Waals surface area contributed by atoms with Gasteiger partial charge in [0.2, 0.25) is 0 Å². The van der Waals surface area contributed by atoms with Crippen LogP contribution in [0.2, 0.25) is 5.04 Å². The van der Waals surface area contributed by atoms with Gasteiger partial charge in [-0.15, -0.1) is 0 Å². The minimum absolute atomic E-state index is 0.182. The van der Waals surface area contributed by atoms with Gasteiger partial charge in [0.25, 0.3) is 12.7 Å². The minimum Gasteiger partial charge on any atom is -0.453 e. The Bertz CT molecular complexity index is 764. The van der Waals surface area contributed by atoms with Crippen LogP contribution >= 0.6 is 23.2 Å². The van der Waals surface area contributed by atoms with E-state index in [0.717, 1.165) is 10.4 Å². The second-order valence-electron chi connectivity index (χ2n) is 7.94. The second-order valence-corrected chi connectivity index (χ2v) is 13.6. The summed E-state index contributed by atoms with van der Waals surface area (Å²) in [5.41, 5.74) is 0. The molecule has 0 unspecified atom stereocenters. The third kappa shape index (κ3) is 3.44. The average Bonchev–Trinajstić information content (AvgIpc) is 2.64. The number of hydrogen-bond acceptors (Lipinski definition) is 3. The predicted molar refractivity (Wildman–Crippen MR) is 112 cm³/mol. The Balaban J connectivity index is 2.11. The second kappa shape index (κ2) is 7.25. The highest BCUT2D eigenvalue weighted by atomic mass is 35.5. The number of alkyl halides is 2. The first kappa shape index (κ1) is 20.4. The molecular formula is C21H24Cl2O3Si. The van der Waals surface area contributed by atoms with Crippen molar-refractivity contribution in [3.05, 3.63) is 60.7 Å². The highest BCUT2D eigenvalue weighted by molar-refractivity contribution is 6.99. The molecule has 2 aromatic rings. The Hall–Kier alpha value is -1.33. The van der Waals surface area contributed by atoms with E-state index >= 15 is 0 Å². The standard InChI is InChI=1S/C21H24Cl2O3Si/c1-15(18-21(22,23)19(24)25-18)26-27(20(2,3)4,16-11-7-5-8-12-16)17-13-9-6-10-14-17/h5-15,18H,1-4H3/t15-,18+/m0/s1. The van der Waals surface area contributed by atoms with Crippen molar-refractivity contribution in [3.63, 3.8) is 0 Å². The van der Waals surface area contributed by atoms with Crippen LogP contribution in [0.5, 0.6) is 0 Å². The quantitative estimate of drug-likeness (QED) is 0.414. The van der Waals surface area contributed by atoms with Crippen LogP contribution in [0.25, 0.3) is 0 Å². The SMILES string of the molecule is C[C@H](O[Si](c1ccccc1)(c1ccccc1)C(C)(C)C)[C@H]1OC(=O)C1(Cl)Cl. The van der Waals surface area contributed by atoms with Gasteiger partial charge in [-0.3, -0.25) is 0 Å². The van der Waals surface area contributed by atoms with Gasteiger partial charge in [-0.2, -0.15) is 0 Å². The number of ether oxygens (including phenoxy) is 1. The van der Waals surface area contributed by atoms with Crippen molar-refractivity contribution in [1.82, 2.24) is 0 Å². The summed E-state index contributed by atoms with van der Waals surface area (Å²) in [5.74, 6) is -0.617. The Morgan fingerprint density at radius 2 is 1.44 bits per heavy atom. The molecule has 0 aliphatic carbocycles. The highest BCUT2D eigenvalue weighted by Crippen LogP contribution is 2.44. The number of cyclic esters (lactones) is 1. The van der Waals surface area contributed by atoms with Crippen LogP contribution in [0.1, 0.15) is 27.7 Å². The molecule has 0 radical (unpaired) electrons. The first-order valence-corrected chi connectivity index (χ1v) is 11.6. The topological polar surface area (TPSA) is 35.5 Å². The molecule has 1 aliphatic heterocycles. The van der Waals surface area contributed by atoms with Crippen LogP contribution < -0.4 is 10.4 Å². The van der Waals surface area contributed by atoms with E-state index in [0.29, 0.717) is 0 Å². The third-order valence-electron chi connectivity index (χ3n) is 5.07. The largest absolute Gasteiger partial charge is 0.453 e. The van der Waals surface area contributed by atoms with Gasteiger partial charge in [-0.25, -0.2) is 4.79 Å². The Morgan fingerprint density at radius 3 is 1.78 bits per heavy atom. The first-order valence-electron chi connectivity index (χ1n) is 8.98. The summed E-state index contributed by atoms with van der Waals surface area (Å²) in [7, 11) is -2.75. The predicted octanol–water partition coefficient (Wildman–Crippen LogP) is 4.05. The van der Waals surface area contributed by atoms with E-state index in [1.165, 1.54) is 0 Å². The van der Waals surface area contributed by atoms with Gasteiger partial charge in [0.05, 0.1) is 6.10 Å². The van der Waals surface area contributed by atoms with Crippen LogP contribution in [0.3, 0.4) is 0 Å². The van der Waals surface area contributed by atoms with Crippen LogP contribution in [0.15, 0.2) is 60.7 Å². The van der Waals surface area contributed by atoms with Gasteiger partial charge in [0, 0.05) is 0 Å². The van der Waals surface area contributed by atoms with Gasteiger partial charge in [0.15, 0.2) is 6.10 Å². The maximum atomic E-state index is 11.6. The summed E-state index contributed by atoms with van der Waals surface area (Å²) in [5, 5.41) is 2.12. The van der Waals surface area contributed by atoms with Crippen molar-refractivity contribution in [2.75, 3.05) is 0 Å². The fraction of sp³-hybridized carbons (Fsp3) is 0.381. The van der Waals surface area contributed by atoms with Gasteiger partial charge in [0.1, 0.15) is 0 Å². The van der Waals surface area contributed by atoms with E-state index in [1.807, 2.05) is 43.3 Å². The Morgan fingerprint density at radius 1 is 1.00 bits per heavy atom. The van der Waals surface area contributed by atoms with Crippen LogP contribution in [-0.2, 0) is 14.0 Å². The molecule has 0 spiro atoms. The smallest absolute Gasteiger partial charge is 0.347 e. The van der Waals surface area contributed by atoms with Gasteiger partial charge in [-0.05, 0) is 22.3 Å². The lowest BCUT2D eigenvalue weighted by atomic mass is 10.1. The van der Waals surface area contributed by atoms with E-state index in [2.05, 4.69) is 45.0 Å². The minimum atomic E-state index is -2.75. The molecule has 1 heterocycles. The molecule has 6 heteroatoms. The Labute approximate surface area is 171 Å². The van der Waals surface area contributed by atoms with Crippen molar-refractivity contribution in [3.8, 4) is 0 Å². The maximum absolute atomic E-state index is 11.6. The number of carbonyl (C=O) groups is 1. The van der Waals surface area contributed by atoms with Crippen molar-refractivity contribution in [2.24, 2.45) is 0 Å². The lowest BCUT2D eigenvalue weighted by Crippen LogP contribution is -2.70. The van der Waals surface area contributed by atoms with Crippen molar-refractivity contribution >= 4 is 47.9 Å². The number of benzene rings is 2. The molecule has 1 aliphatic rings. The molecule has 27 heavy (non-hydrogen) atoms. The normalized spacial score (nSPS) is 20.5. The number of esters is 1. The van der Waals surface area contributed by atoms with Gasteiger partial charge < -0.3 is 9.16 Å². The summed E-state index contributed by atoms with van der Waals surface area (Å²) < 4.78 is 10.5.